The highest BCUT2D eigenvalue weighted by Crippen LogP contribution is 2.49. The summed E-state index contributed by atoms with van der Waals surface area (Å²) in [5.74, 6) is 1.61. The summed E-state index contributed by atoms with van der Waals surface area (Å²) >= 11 is 0. The first-order valence-electron chi connectivity index (χ1n) is 10.1. The van der Waals surface area contributed by atoms with Gasteiger partial charge in [-0.05, 0) is 79.5 Å². The SMILES string of the molecule is COc1ccc(NC(=O)CC2CC3CCC2C3)cc1NS(=O)(=O)c1ccc(F)cc1. The highest BCUT2D eigenvalue weighted by molar-refractivity contribution is 7.92. The van der Waals surface area contributed by atoms with Gasteiger partial charge in [-0.25, -0.2) is 12.8 Å². The number of benzene rings is 2. The van der Waals surface area contributed by atoms with Gasteiger partial charge in [0.25, 0.3) is 10.0 Å². The van der Waals surface area contributed by atoms with Gasteiger partial charge in [0.15, 0.2) is 0 Å². The minimum Gasteiger partial charge on any atom is -0.495 e. The first-order valence-corrected chi connectivity index (χ1v) is 11.6. The monoisotopic (exact) mass is 432 g/mol. The van der Waals surface area contributed by atoms with Crippen molar-refractivity contribution in [2.45, 2.75) is 37.0 Å². The Balaban J connectivity index is 1.47. The Bertz CT molecular complexity index is 1040. The lowest BCUT2D eigenvalue weighted by Gasteiger charge is -2.21. The zero-order valence-electron chi connectivity index (χ0n) is 16.7. The van der Waals surface area contributed by atoms with Crippen LogP contribution < -0.4 is 14.8 Å². The lowest BCUT2D eigenvalue weighted by atomic mass is 9.86. The van der Waals surface area contributed by atoms with Gasteiger partial charge in [-0.1, -0.05) is 6.42 Å². The number of amides is 1. The van der Waals surface area contributed by atoms with Gasteiger partial charge in [0.05, 0.1) is 17.7 Å². The fourth-order valence-electron chi connectivity index (χ4n) is 4.76. The van der Waals surface area contributed by atoms with E-state index in [-0.39, 0.29) is 16.5 Å². The molecule has 2 aromatic carbocycles. The third kappa shape index (κ3) is 4.43. The largest absolute Gasteiger partial charge is 0.495 e. The Kier molecular flexibility index (Phi) is 5.69. The molecule has 0 radical (unpaired) electrons. The van der Waals surface area contributed by atoms with Crippen LogP contribution in [0, 0.1) is 23.6 Å². The van der Waals surface area contributed by atoms with Crippen LogP contribution >= 0.6 is 0 Å². The number of fused-ring (bicyclic) bond motifs is 2. The number of rotatable bonds is 7. The molecule has 4 rings (SSSR count). The standard InChI is InChI=1S/C22H25FN2O4S/c1-29-21-9-6-18(24-22(26)12-16-11-14-2-3-15(16)10-14)13-20(21)25-30(27,28)19-7-4-17(23)5-8-19/h4-9,13-16,25H,2-3,10-12H2,1H3,(H,24,26). The summed E-state index contributed by atoms with van der Waals surface area (Å²) in [4.78, 5) is 12.5. The van der Waals surface area contributed by atoms with Crippen LogP contribution in [0.2, 0.25) is 0 Å². The highest BCUT2D eigenvalue weighted by atomic mass is 32.2. The van der Waals surface area contributed by atoms with Crippen LogP contribution in [0.5, 0.6) is 5.75 Å². The first kappa shape index (κ1) is 20.7. The normalized spacial score (nSPS) is 22.7. The van der Waals surface area contributed by atoms with Gasteiger partial charge in [0.1, 0.15) is 11.6 Å². The molecule has 0 heterocycles. The molecule has 3 atom stereocenters. The second kappa shape index (κ2) is 8.26. The Morgan fingerprint density at radius 3 is 2.53 bits per heavy atom. The van der Waals surface area contributed by atoms with E-state index in [9.17, 15) is 17.6 Å². The van der Waals surface area contributed by atoms with Crippen molar-refractivity contribution in [3.05, 3.63) is 48.3 Å². The Morgan fingerprint density at radius 2 is 1.90 bits per heavy atom. The third-order valence-corrected chi connectivity index (χ3v) is 7.57. The van der Waals surface area contributed by atoms with Gasteiger partial charge < -0.3 is 10.1 Å². The van der Waals surface area contributed by atoms with Crippen molar-refractivity contribution in [3.8, 4) is 5.75 Å². The van der Waals surface area contributed by atoms with E-state index in [4.69, 9.17) is 4.74 Å². The molecule has 2 aromatic rings. The minimum absolute atomic E-state index is 0.0648. The molecule has 0 aromatic heterocycles. The van der Waals surface area contributed by atoms with Crippen LogP contribution in [0.15, 0.2) is 47.4 Å². The predicted molar refractivity (Wildman–Crippen MR) is 112 cm³/mol. The summed E-state index contributed by atoms with van der Waals surface area (Å²) in [5, 5.41) is 2.87. The van der Waals surface area contributed by atoms with E-state index in [1.807, 2.05) is 0 Å². The number of sulfonamides is 1. The summed E-state index contributed by atoms with van der Waals surface area (Å²) in [5.41, 5.74) is 0.681. The molecule has 30 heavy (non-hydrogen) atoms. The molecule has 0 aliphatic heterocycles. The van der Waals surface area contributed by atoms with E-state index >= 15 is 0 Å². The average molecular weight is 433 g/mol. The average Bonchev–Trinajstić information content (AvgIpc) is 3.31. The number of hydrogen-bond acceptors (Lipinski definition) is 4. The number of methoxy groups -OCH3 is 1. The molecule has 3 unspecified atom stereocenters. The van der Waals surface area contributed by atoms with Crippen LogP contribution in [-0.2, 0) is 14.8 Å². The van der Waals surface area contributed by atoms with E-state index in [0.717, 1.165) is 24.5 Å². The number of carbonyl (C=O) groups excluding carboxylic acids is 1. The molecule has 2 bridgehead atoms. The van der Waals surface area contributed by atoms with E-state index in [2.05, 4.69) is 10.0 Å². The van der Waals surface area contributed by atoms with Crippen molar-refractivity contribution < 1.29 is 22.3 Å². The maximum Gasteiger partial charge on any atom is 0.262 e. The summed E-state index contributed by atoms with van der Waals surface area (Å²) in [6.45, 7) is 0. The number of nitrogens with one attached hydrogen (secondary N) is 2. The van der Waals surface area contributed by atoms with Crippen molar-refractivity contribution in [2.24, 2.45) is 17.8 Å². The summed E-state index contributed by atoms with van der Waals surface area (Å²) < 4.78 is 46.1. The molecule has 1 amide bonds. The van der Waals surface area contributed by atoms with E-state index < -0.39 is 15.8 Å². The zero-order valence-corrected chi connectivity index (χ0v) is 17.5. The van der Waals surface area contributed by atoms with E-state index in [1.54, 1.807) is 12.1 Å². The van der Waals surface area contributed by atoms with Crippen molar-refractivity contribution in [1.29, 1.82) is 0 Å². The van der Waals surface area contributed by atoms with Gasteiger partial charge in [0.2, 0.25) is 5.91 Å². The molecule has 6 nitrogen and oxygen atoms in total. The molecule has 2 aliphatic rings. The predicted octanol–water partition coefficient (Wildman–Crippen LogP) is 4.40. The van der Waals surface area contributed by atoms with Crippen LogP contribution in [0.3, 0.4) is 0 Å². The first-order chi connectivity index (χ1) is 14.3. The summed E-state index contributed by atoms with van der Waals surface area (Å²) in [6.07, 6.45) is 5.38. The van der Waals surface area contributed by atoms with Crippen molar-refractivity contribution >= 4 is 27.3 Å². The maximum absolute atomic E-state index is 13.1. The number of hydrogen-bond donors (Lipinski definition) is 2. The number of halogens is 1. The summed E-state index contributed by atoms with van der Waals surface area (Å²) in [6, 6.07) is 9.33. The van der Waals surface area contributed by atoms with Gasteiger partial charge >= 0.3 is 0 Å². The second-order valence-electron chi connectivity index (χ2n) is 8.16. The molecule has 8 heteroatoms. The molecule has 2 N–H and O–H groups in total. The molecule has 160 valence electrons. The smallest absolute Gasteiger partial charge is 0.262 e. The fourth-order valence-corrected chi connectivity index (χ4v) is 5.82. The van der Waals surface area contributed by atoms with Gasteiger partial charge in [-0.3, -0.25) is 9.52 Å². The fraction of sp³-hybridized carbons (Fsp3) is 0.409. The van der Waals surface area contributed by atoms with Crippen molar-refractivity contribution in [1.82, 2.24) is 0 Å². The topological polar surface area (TPSA) is 84.5 Å². The Labute approximate surface area is 175 Å². The van der Waals surface area contributed by atoms with E-state index in [1.165, 1.54) is 44.6 Å². The lowest BCUT2D eigenvalue weighted by Crippen LogP contribution is -2.20. The molecule has 0 saturated heterocycles. The molecule has 2 fully saturated rings. The number of anilines is 2. The number of ether oxygens (including phenoxy) is 1. The van der Waals surface area contributed by atoms with Gasteiger partial charge in [-0.15, -0.1) is 0 Å². The molecular formula is C22H25FN2O4S. The van der Waals surface area contributed by atoms with Crippen molar-refractivity contribution in [2.75, 3.05) is 17.1 Å². The van der Waals surface area contributed by atoms with E-state index in [0.29, 0.717) is 29.7 Å². The zero-order chi connectivity index (χ0) is 21.3. The van der Waals surface area contributed by atoms with Gasteiger partial charge in [-0.2, -0.15) is 0 Å². The Morgan fingerprint density at radius 1 is 1.13 bits per heavy atom. The van der Waals surface area contributed by atoms with Crippen LogP contribution in [0.4, 0.5) is 15.8 Å². The third-order valence-electron chi connectivity index (χ3n) is 6.18. The van der Waals surface area contributed by atoms with Crippen LogP contribution in [-0.4, -0.2) is 21.4 Å². The molecular weight excluding hydrogens is 407 g/mol. The maximum atomic E-state index is 13.1. The quantitative estimate of drug-likeness (QED) is 0.679. The second-order valence-corrected chi connectivity index (χ2v) is 9.84. The molecule has 0 spiro atoms. The molecule has 2 saturated carbocycles. The lowest BCUT2D eigenvalue weighted by molar-refractivity contribution is -0.117. The van der Waals surface area contributed by atoms with Crippen LogP contribution in [0.1, 0.15) is 32.1 Å². The minimum atomic E-state index is -3.94. The van der Waals surface area contributed by atoms with Crippen LogP contribution in [0.25, 0.3) is 0 Å². The number of carbonyl (C=O) groups is 1. The molecule has 2 aliphatic carbocycles. The Hall–Kier alpha value is -2.61. The highest BCUT2D eigenvalue weighted by Gasteiger charge is 2.40. The van der Waals surface area contributed by atoms with Gasteiger partial charge in [0, 0.05) is 12.1 Å². The van der Waals surface area contributed by atoms with Crippen molar-refractivity contribution in [3.63, 3.8) is 0 Å². The summed E-state index contributed by atoms with van der Waals surface area (Å²) in [7, 11) is -2.51.